The molecule has 0 saturated carbocycles. The van der Waals surface area contributed by atoms with Crippen molar-refractivity contribution in [2.45, 2.75) is 30.9 Å². The maximum Gasteiger partial charge on any atom is 0.188 e. The normalized spacial score (nSPS) is 16.2. The van der Waals surface area contributed by atoms with E-state index in [0.717, 1.165) is 4.73 Å². The van der Waals surface area contributed by atoms with Crippen LogP contribution < -0.4 is 9.47 Å². The van der Waals surface area contributed by atoms with E-state index in [1.54, 1.807) is 43.6 Å². The van der Waals surface area contributed by atoms with E-state index in [0.29, 0.717) is 51.5 Å². The molecule has 1 fully saturated rings. The minimum absolute atomic E-state index is 0.0796. The highest BCUT2D eigenvalue weighted by Crippen LogP contribution is 2.42. The number of hydrogen-bond acceptors (Lipinski definition) is 10. The van der Waals surface area contributed by atoms with E-state index in [2.05, 4.69) is 9.97 Å². The number of rotatable bonds is 10. The van der Waals surface area contributed by atoms with Gasteiger partial charge in [-0.2, -0.15) is 4.73 Å². The van der Waals surface area contributed by atoms with Gasteiger partial charge in [-0.3, -0.25) is 0 Å². The number of aromatic nitrogens is 4. The highest BCUT2D eigenvalue weighted by atomic mass is 35.5. The fraction of sp³-hybridized carbons (Fsp3) is 0.321. The van der Waals surface area contributed by atoms with E-state index >= 15 is 0 Å². The predicted molar refractivity (Wildman–Crippen MR) is 156 cm³/mol. The lowest BCUT2D eigenvalue weighted by atomic mass is 10.1. The molecule has 1 aliphatic heterocycles. The number of thioether (sulfide) groups is 1. The Labute approximate surface area is 251 Å². The van der Waals surface area contributed by atoms with Gasteiger partial charge in [0, 0.05) is 18.9 Å². The third kappa shape index (κ3) is 6.56. The van der Waals surface area contributed by atoms with E-state index in [9.17, 15) is 5.21 Å². The smallest absolute Gasteiger partial charge is 0.188 e. The van der Waals surface area contributed by atoms with Gasteiger partial charge in [0.25, 0.3) is 0 Å². The number of ether oxygens (including phenoxy) is 5. The van der Waals surface area contributed by atoms with Crippen LogP contribution in [0.15, 0.2) is 53.8 Å². The fourth-order valence-corrected chi connectivity index (χ4v) is 5.31. The number of hydrogen-bond donors (Lipinski definition) is 1. The first kappa shape index (κ1) is 29.4. The highest BCUT2D eigenvalue weighted by molar-refractivity contribution is 7.98. The van der Waals surface area contributed by atoms with Crippen LogP contribution in [0.25, 0.3) is 34.0 Å². The molecule has 216 valence electrons. The average molecular weight is 620 g/mol. The van der Waals surface area contributed by atoms with Crippen LogP contribution >= 0.6 is 35.0 Å². The summed E-state index contributed by atoms with van der Waals surface area (Å²) in [5.74, 6) is 0.473. The van der Waals surface area contributed by atoms with Gasteiger partial charge in [-0.1, -0.05) is 47.1 Å². The third-order valence-electron chi connectivity index (χ3n) is 6.11. The van der Waals surface area contributed by atoms with Gasteiger partial charge >= 0.3 is 0 Å². The van der Waals surface area contributed by atoms with Crippen LogP contribution in [0.3, 0.4) is 0 Å². The molecule has 13 heteroatoms. The minimum Gasteiger partial charge on any atom is -0.491 e. The summed E-state index contributed by atoms with van der Waals surface area (Å²) in [6, 6.07) is 12.2. The molecule has 1 N–H and O–H groups in total. The first-order valence-corrected chi connectivity index (χ1v) is 14.5. The molecule has 1 unspecified atom stereocenters. The standard InChI is InChI=1S/C28H28Cl2N4O6S/c1-28(2)39-14-19(40-28)13-37-18-11-20(29)23(21(30)12-18)26-33-24(16-6-5-7-17(10-16)38-15-36-3)25(34(26)35)22-8-9-31-27(32-22)41-4/h5-12,19,35H,13-15H2,1-4H3. The molecule has 5 rings (SSSR count). The first-order chi connectivity index (χ1) is 19.7. The van der Waals surface area contributed by atoms with Gasteiger partial charge in [0.05, 0.1) is 27.9 Å². The van der Waals surface area contributed by atoms with Gasteiger partial charge in [-0.05, 0) is 50.4 Å². The molecule has 41 heavy (non-hydrogen) atoms. The largest absolute Gasteiger partial charge is 0.491 e. The van der Waals surface area contributed by atoms with Gasteiger partial charge < -0.3 is 28.9 Å². The van der Waals surface area contributed by atoms with Gasteiger partial charge in [-0.25, -0.2) is 15.0 Å². The van der Waals surface area contributed by atoms with E-state index in [-0.39, 0.29) is 35.4 Å². The molecule has 0 spiro atoms. The number of imidazole rings is 1. The van der Waals surface area contributed by atoms with Crippen LogP contribution in [0.2, 0.25) is 10.0 Å². The molecule has 1 saturated heterocycles. The molecule has 0 amide bonds. The lowest BCUT2D eigenvalue weighted by Gasteiger charge is -2.17. The van der Waals surface area contributed by atoms with Crippen molar-refractivity contribution in [1.82, 2.24) is 19.7 Å². The summed E-state index contributed by atoms with van der Waals surface area (Å²) in [4.78, 5) is 13.6. The van der Waals surface area contributed by atoms with Crippen molar-refractivity contribution in [3.05, 3.63) is 58.7 Å². The van der Waals surface area contributed by atoms with Crippen LogP contribution in [0.4, 0.5) is 0 Å². The zero-order valence-electron chi connectivity index (χ0n) is 22.8. The van der Waals surface area contributed by atoms with Crippen LogP contribution in [-0.4, -0.2) is 70.2 Å². The second kappa shape index (κ2) is 12.4. The molecule has 2 aromatic heterocycles. The highest BCUT2D eigenvalue weighted by Gasteiger charge is 2.33. The van der Waals surface area contributed by atoms with Crippen LogP contribution in [-0.2, 0) is 14.2 Å². The monoisotopic (exact) mass is 618 g/mol. The fourth-order valence-electron chi connectivity index (χ4n) is 4.32. The van der Waals surface area contributed by atoms with Crippen molar-refractivity contribution < 1.29 is 28.9 Å². The maximum absolute atomic E-state index is 11.5. The van der Waals surface area contributed by atoms with Crippen molar-refractivity contribution >= 4 is 35.0 Å². The average Bonchev–Trinajstić information content (AvgIpc) is 3.48. The summed E-state index contributed by atoms with van der Waals surface area (Å²) in [6.45, 7) is 4.45. The molecule has 4 aromatic rings. The molecule has 0 radical (unpaired) electrons. The molecule has 0 aliphatic carbocycles. The van der Waals surface area contributed by atoms with Crippen LogP contribution in [0, 0.1) is 0 Å². The van der Waals surface area contributed by atoms with Crippen molar-refractivity contribution in [1.29, 1.82) is 0 Å². The Morgan fingerprint density at radius 2 is 1.88 bits per heavy atom. The predicted octanol–water partition coefficient (Wildman–Crippen LogP) is 6.45. The maximum atomic E-state index is 11.5. The summed E-state index contributed by atoms with van der Waals surface area (Å²) in [7, 11) is 1.54. The summed E-state index contributed by atoms with van der Waals surface area (Å²) in [5.41, 5.74) is 2.21. The number of methoxy groups -OCH3 is 1. The second-order valence-electron chi connectivity index (χ2n) is 9.48. The Morgan fingerprint density at radius 1 is 1.10 bits per heavy atom. The van der Waals surface area contributed by atoms with Crippen molar-refractivity contribution in [2.24, 2.45) is 0 Å². The molecule has 0 bridgehead atoms. The number of benzene rings is 2. The van der Waals surface area contributed by atoms with E-state index in [1.807, 2.05) is 32.2 Å². The van der Waals surface area contributed by atoms with E-state index in [4.69, 9.17) is 51.9 Å². The van der Waals surface area contributed by atoms with Crippen molar-refractivity contribution in [3.8, 4) is 45.5 Å². The van der Waals surface area contributed by atoms with Crippen molar-refractivity contribution in [2.75, 3.05) is 33.4 Å². The molecule has 3 heterocycles. The SMILES string of the molecule is COCOc1cccc(-c2nc(-c3c(Cl)cc(OCC4COC(C)(C)O4)cc3Cl)n(O)c2-c2ccnc(SC)n2)c1. The molecule has 2 aromatic carbocycles. The minimum atomic E-state index is -0.656. The molecule has 10 nitrogen and oxygen atoms in total. The molecular weight excluding hydrogens is 591 g/mol. The van der Waals surface area contributed by atoms with E-state index < -0.39 is 5.79 Å². The lowest BCUT2D eigenvalue weighted by molar-refractivity contribution is -0.141. The summed E-state index contributed by atoms with van der Waals surface area (Å²) in [6.07, 6.45) is 3.26. The quantitative estimate of drug-likeness (QED) is 0.0920. The Hall–Kier alpha value is -3.06. The number of nitrogens with zero attached hydrogens (tertiary/aromatic N) is 4. The topological polar surface area (TPSA) is 110 Å². The molecular formula is C28H28Cl2N4O6S. The first-order valence-electron chi connectivity index (χ1n) is 12.5. The van der Waals surface area contributed by atoms with E-state index in [1.165, 1.54) is 11.8 Å². The second-order valence-corrected chi connectivity index (χ2v) is 11.1. The summed E-state index contributed by atoms with van der Waals surface area (Å²) >= 11 is 14.8. The third-order valence-corrected chi connectivity index (χ3v) is 7.26. The van der Waals surface area contributed by atoms with Gasteiger partial charge in [0.15, 0.2) is 23.6 Å². The lowest BCUT2D eigenvalue weighted by Crippen LogP contribution is -2.25. The molecule has 1 atom stereocenters. The summed E-state index contributed by atoms with van der Waals surface area (Å²) in [5, 5.41) is 12.5. The zero-order valence-corrected chi connectivity index (χ0v) is 25.1. The van der Waals surface area contributed by atoms with Gasteiger partial charge in [0.2, 0.25) is 0 Å². The Balaban J connectivity index is 1.55. The summed E-state index contributed by atoms with van der Waals surface area (Å²) < 4.78 is 28.9. The Morgan fingerprint density at radius 3 is 2.56 bits per heavy atom. The van der Waals surface area contributed by atoms with Gasteiger partial charge in [0.1, 0.15) is 35.6 Å². The molecule has 1 aliphatic rings. The van der Waals surface area contributed by atoms with Crippen LogP contribution in [0.1, 0.15) is 13.8 Å². The Bertz CT molecular complexity index is 1530. The van der Waals surface area contributed by atoms with Crippen molar-refractivity contribution in [3.63, 3.8) is 0 Å². The number of halogens is 2. The van der Waals surface area contributed by atoms with Crippen LogP contribution in [0.5, 0.6) is 11.5 Å². The Kier molecular flexibility index (Phi) is 8.93. The zero-order chi connectivity index (χ0) is 29.1. The van der Waals surface area contributed by atoms with Gasteiger partial charge in [-0.15, -0.1) is 0 Å².